The van der Waals surface area contributed by atoms with Crippen LogP contribution in [0.2, 0.25) is 0 Å². The second-order valence-corrected chi connectivity index (χ2v) is 9.64. The Morgan fingerprint density at radius 3 is 1.72 bits per heavy atom. The third-order valence-electron chi connectivity index (χ3n) is 5.70. The minimum Gasteiger partial charge on any atom is -0.373 e. The topological polar surface area (TPSA) is 64.4 Å². The smallest absolute Gasteiger partial charge is 0.218 e. The zero-order chi connectivity index (χ0) is 22.4. The second-order valence-electron chi connectivity index (χ2n) is 7.72. The Balaban J connectivity index is 1.53. The number of nitriles is 1. The lowest BCUT2D eigenvalue weighted by atomic mass is 9.96. The van der Waals surface area contributed by atoms with Gasteiger partial charge in [-0.1, -0.05) is 78.9 Å². The van der Waals surface area contributed by atoms with Gasteiger partial charge in [-0.2, -0.15) is 5.26 Å². The number of nitrogens with zero attached hydrogens (tertiary/aromatic N) is 3. The predicted octanol–water partition coefficient (Wildman–Crippen LogP) is 4.23. The van der Waals surface area contributed by atoms with Crippen LogP contribution in [0.4, 0.5) is 0 Å². The number of piperazine rings is 1. The van der Waals surface area contributed by atoms with E-state index >= 15 is 0 Å². The molecule has 5 nitrogen and oxygen atoms in total. The van der Waals surface area contributed by atoms with Crippen LogP contribution in [0.15, 0.2) is 107 Å². The van der Waals surface area contributed by atoms with Crippen molar-refractivity contribution in [3.63, 3.8) is 0 Å². The van der Waals surface area contributed by atoms with Crippen molar-refractivity contribution in [1.29, 1.82) is 5.26 Å². The summed E-state index contributed by atoms with van der Waals surface area (Å²) in [6.45, 7) is 2.81. The number of sulfone groups is 1. The summed E-state index contributed by atoms with van der Waals surface area (Å²) >= 11 is 0. The number of allylic oxidation sites excluding steroid dienone is 1. The van der Waals surface area contributed by atoms with E-state index in [-0.39, 0.29) is 15.8 Å². The van der Waals surface area contributed by atoms with Crippen LogP contribution < -0.4 is 0 Å². The summed E-state index contributed by atoms with van der Waals surface area (Å²) in [6, 6.07) is 31.0. The van der Waals surface area contributed by atoms with E-state index in [0.717, 1.165) is 13.1 Å². The zero-order valence-electron chi connectivity index (χ0n) is 17.7. The Kier molecular flexibility index (Phi) is 6.69. The highest BCUT2D eigenvalue weighted by molar-refractivity contribution is 7.95. The van der Waals surface area contributed by atoms with Gasteiger partial charge in [-0.05, 0) is 23.3 Å². The standard InChI is InChI=1S/C26H25N3O2S/c27-20-25(32(30,31)24-14-8-3-9-15-24)21-28-16-18-29(19-17-28)26(22-10-4-1-5-11-22)23-12-6-2-7-13-23/h1-15,21,26H,16-19H2/b25-21+. The van der Waals surface area contributed by atoms with E-state index in [1.165, 1.54) is 29.5 Å². The van der Waals surface area contributed by atoms with E-state index in [1.54, 1.807) is 18.2 Å². The maximum Gasteiger partial charge on any atom is 0.218 e. The molecule has 0 atom stereocenters. The minimum absolute atomic E-state index is 0.131. The van der Waals surface area contributed by atoms with Gasteiger partial charge in [0.25, 0.3) is 0 Å². The Labute approximate surface area is 189 Å². The summed E-state index contributed by atoms with van der Waals surface area (Å²) < 4.78 is 25.7. The summed E-state index contributed by atoms with van der Waals surface area (Å²) in [5.41, 5.74) is 2.46. The van der Waals surface area contributed by atoms with Crippen molar-refractivity contribution in [2.45, 2.75) is 10.9 Å². The van der Waals surface area contributed by atoms with Crippen LogP contribution in [0.25, 0.3) is 0 Å². The summed E-state index contributed by atoms with van der Waals surface area (Å²) in [5, 5.41) is 9.56. The van der Waals surface area contributed by atoms with Crippen molar-refractivity contribution in [2.24, 2.45) is 0 Å². The molecule has 0 bridgehead atoms. The normalized spacial score (nSPS) is 15.5. The lowest BCUT2D eigenvalue weighted by Gasteiger charge is -2.39. The molecule has 0 unspecified atom stereocenters. The Morgan fingerprint density at radius 2 is 1.25 bits per heavy atom. The first kappa shape index (κ1) is 21.8. The summed E-state index contributed by atoms with van der Waals surface area (Å²) in [4.78, 5) is 4.26. The minimum atomic E-state index is -3.82. The van der Waals surface area contributed by atoms with Gasteiger partial charge in [0, 0.05) is 32.4 Å². The van der Waals surface area contributed by atoms with Gasteiger partial charge in [-0.25, -0.2) is 8.42 Å². The van der Waals surface area contributed by atoms with Crippen molar-refractivity contribution in [2.75, 3.05) is 26.2 Å². The molecular formula is C26H25N3O2S. The molecule has 0 N–H and O–H groups in total. The first-order valence-electron chi connectivity index (χ1n) is 10.6. The predicted molar refractivity (Wildman–Crippen MR) is 125 cm³/mol. The first-order chi connectivity index (χ1) is 15.6. The van der Waals surface area contributed by atoms with Gasteiger partial charge in [0.15, 0.2) is 4.91 Å². The molecule has 0 amide bonds. The van der Waals surface area contributed by atoms with Gasteiger partial charge in [-0.15, -0.1) is 0 Å². The van der Waals surface area contributed by atoms with Gasteiger partial charge in [0.05, 0.1) is 10.9 Å². The van der Waals surface area contributed by atoms with Crippen molar-refractivity contribution < 1.29 is 8.42 Å². The van der Waals surface area contributed by atoms with Crippen LogP contribution in [0, 0.1) is 11.3 Å². The molecule has 1 saturated heterocycles. The quantitative estimate of drug-likeness (QED) is 0.534. The molecule has 3 aromatic rings. The molecule has 1 aliphatic rings. The molecule has 0 aromatic heterocycles. The number of hydrogen-bond acceptors (Lipinski definition) is 5. The highest BCUT2D eigenvalue weighted by Gasteiger charge is 2.27. The van der Waals surface area contributed by atoms with Gasteiger partial charge >= 0.3 is 0 Å². The Bertz CT molecular complexity index is 1160. The van der Waals surface area contributed by atoms with Crippen molar-refractivity contribution in [3.8, 4) is 6.07 Å². The van der Waals surface area contributed by atoms with Gasteiger partial charge in [0.1, 0.15) is 6.07 Å². The maximum atomic E-state index is 12.9. The fraction of sp³-hybridized carbons (Fsp3) is 0.192. The van der Waals surface area contributed by atoms with Crippen LogP contribution in [0.1, 0.15) is 17.2 Å². The number of rotatable bonds is 6. The molecule has 162 valence electrons. The molecule has 6 heteroatoms. The molecule has 0 spiro atoms. The third-order valence-corrected chi connectivity index (χ3v) is 7.37. The fourth-order valence-corrected chi connectivity index (χ4v) is 5.24. The number of benzene rings is 3. The maximum absolute atomic E-state index is 12.9. The number of hydrogen-bond donors (Lipinski definition) is 0. The summed E-state index contributed by atoms with van der Waals surface area (Å²) in [5.74, 6) is 0. The van der Waals surface area contributed by atoms with Gasteiger partial charge < -0.3 is 4.90 Å². The SMILES string of the molecule is N#C/C(=C\N1CCN(C(c2ccccc2)c2ccccc2)CC1)S(=O)(=O)c1ccccc1. The molecule has 0 saturated carbocycles. The summed E-state index contributed by atoms with van der Waals surface area (Å²) in [6.07, 6.45) is 1.50. The van der Waals surface area contributed by atoms with E-state index in [1.807, 2.05) is 23.1 Å². The lowest BCUT2D eigenvalue weighted by molar-refractivity contribution is 0.139. The van der Waals surface area contributed by atoms with Crippen LogP contribution in [0.5, 0.6) is 0 Å². The van der Waals surface area contributed by atoms with E-state index in [0.29, 0.717) is 13.1 Å². The largest absolute Gasteiger partial charge is 0.373 e. The molecule has 1 aliphatic heterocycles. The summed E-state index contributed by atoms with van der Waals surface area (Å²) in [7, 11) is -3.82. The monoisotopic (exact) mass is 443 g/mol. The van der Waals surface area contributed by atoms with E-state index in [9.17, 15) is 13.7 Å². The average Bonchev–Trinajstić information content (AvgIpc) is 2.85. The molecule has 32 heavy (non-hydrogen) atoms. The third kappa shape index (κ3) is 4.75. The molecule has 3 aromatic carbocycles. The van der Waals surface area contributed by atoms with Crippen LogP contribution >= 0.6 is 0 Å². The Hall–Kier alpha value is -3.40. The first-order valence-corrected chi connectivity index (χ1v) is 12.1. The van der Waals surface area contributed by atoms with Crippen LogP contribution in [0.3, 0.4) is 0 Å². The average molecular weight is 444 g/mol. The van der Waals surface area contributed by atoms with Gasteiger partial charge in [-0.3, -0.25) is 4.90 Å². The molecular weight excluding hydrogens is 418 g/mol. The molecule has 4 rings (SSSR count). The van der Waals surface area contributed by atoms with Crippen molar-refractivity contribution in [1.82, 2.24) is 9.80 Å². The highest BCUT2D eigenvalue weighted by Crippen LogP contribution is 2.29. The van der Waals surface area contributed by atoms with Crippen LogP contribution in [-0.4, -0.2) is 44.4 Å². The van der Waals surface area contributed by atoms with Crippen LogP contribution in [-0.2, 0) is 9.84 Å². The van der Waals surface area contributed by atoms with E-state index < -0.39 is 9.84 Å². The second kappa shape index (κ2) is 9.82. The van der Waals surface area contributed by atoms with Crippen molar-refractivity contribution in [3.05, 3.63) is 113 Å². The zero-order valence-corrected chi connectivity index (χ0v) is 18.5. The highest BCUT2D eigenvalue weighted by atomic mass is 32.2. The van der Waals surface area contributed by atoms with E-state index in [4.69, 9.17) is 0 Å². The lowest BCUT2D eigenvalue weighted by Crippen LogP contribution is -2.46. The van der Waals surface area contributed by atoms with Gasteiger partial charge in [0.2, 0.25) is 9.84 Å². The molecule has 1 fully saturated rings. The van der Waals surface area contributed by atoms with E-state index in [2.05, 4.69) is 53.4 Å². The van der Waals surface area contributed by atoms with Crippen molar-refractivity contribution >= 4 is 9.84 Å². The Morgan fingerprint density at radius 1 is 0.781 bits per heavy atom. The fourth-order valence-electron chi connectivity index (χ4n) is 4.06. The molecule has 0 radical (unpaired) electrons. The molecule has 1 heterocycles. The molecule has 0 aliphatic carbocycles.